The zero-order valence-electron chi connectivity index (χ0n) is 29.2. The van der Waals surface area contributed by atoms with Crippen LogP contribution in [0.1, 0.15) is 56.7 Å². The third kappa shape index (κ3) is 10.5. The van der Waals surface area contributed by atoms with Gasteiger partial charge >= 0.3 is 18.2 Å². The summed E-state index contributed by atoms with van der Waals surface area (Å²) in [6, 6.07) is 24.5. The topological polar surface area (TPSA) is 153 Å². The zero-order valence-corrected chi connectivity index (χ0v) is 29.2. The van der Waals surface area contributed by atoms with E-state index in [2.05, 4.69) is 10.6 Å². The molecule has 1 saturated heterocycles. The number of aliphatic hydroxyl groups is 1. The van der Waals surface area contributed by atoms with Gasteiger partial charge in [-0.05, 0) is 56.4 Å². The van der Waals surface area contributed by atoms with E-state index in [1.54, 1.807) is 32.9 Å². The number of hydrogen-bond donors (Lipinski definition) is 3. The second-order valence-electron chi connectivity index (χ2n) is 13.1. The Morgan fingerprint density at radius 1 is 0.940 bits per heavy atom. The Morgan fingerprint density at radius 2 is 1.54 bits per heavy atom. The van der Waals surface area contributed by atoms with Crippen LogP contribution in [0.5, 0.6) is 0 Å². The number of para-hydroxylation sites is 1. The quantitative estimate of drug-likeness (QED) is 0.175. The maximum absolute atomic E-state index is 14.1. The fourth-order valence-corrected chi connectivity index (χ4v) is 5.96. The molecule has 3 aromatic carbocycles. The number of carbonyl (C=O) groups is 4. The lowest BCUT2D eigenvalue weighted by molar-refractivity contribution is -0.160. The molecule has 0 unspecified atom stereocenters. The molecule has 0 bridgehead atoms. The van der Waals surface area contributed by atoms with Gasteiger partial charge in [0.2, 0.25) is 5.91 Å². The van der Waals surface area contributed by atoms with Crippen LogP contribution in [0.15, 0.2) is 84.9 Å². The van der Waals surface area contributed by atoms with Gasteiger partial charge in [-0.3, -0.25) is 14.5 Å². The number of alkyl carbamates (subject to hydrolysis) is 1. The first-order valence-corrected chi connectivity index (χ1v) is 16.6. The van der Waals surface area contributed by atoms with Gasteiger partial charge in [-0.25, -0.2) is 9.59 Å². The molecule has 1 fully saturated rings. The Bertz CT molecular complexity index is 1540. The first-order chi connectivity index (χ1) is 23.9. The summed E-state index contributed by atoms with van der Waals surface area (Å²) < 4.78 is 22.0. The van der Waals surface area contributed by atoms with Crippen LogP contribution in [0.4, 0.5) is 15.3 Å². The Balaban J connectivity index is 1.56. The number of esters is 1. The predicted molar refractivity (Wildman–Crippen MR) is 187 cm³/mol. The zero-order chi connectivity index (χ0) is 36.3. The minimum absolute atomic E-state index is 0.132. The van der Waals surface area contributed by atoms with Crippen LogP contribution in [0.2, 0.25) is 0 Å². The maximum Gasteiger partial charge on any atom is 0.410 e. The van der Waals surface area contributed by atoms with E-state index in [1.807, 2.05) is 72.8 Å². The number of anilines is 1. The Morgan fingerprint density at radius 3 is 2.10 bits per heavy atom. The fourth-order valence-electron chi connectivity index (χ4n) is 5.96. The monoisotopic (exact) mass is 689 g/mol. The molecule has 12 heteroatoms. The van der Waals surface area contributed by atoms with E-state index in [9.17, 15) is 24.3 Å². The van der Waals surface area contributed by atoms with Gasteiger partial charge in [0.15, 0.2) is 0 Å². The van der Waals surface area contributed by atoms with Gasteiger partial charge in [0.05, 0.1) is 32.4 Å². The van der Waals surface area contributed by atoms with Crippen molar-refractivity contribution in [1.82, 2.24) is 10.2 Å². The molecule has 12 nitrogen and oxygen atoms in total. The van der Waals surface area contributed by atoms with Gasteiger partial charge in [-0.15, -0.1) is 0 Å². The number of hydrogen-bond acceptors (Lipinski definition) is 9. The molecule has 0 radical (unpaired) electrons. The van der Waals surface area contributed by atoms with Crippen LogP contribution in [0.3, 0.4) is 0 Å². The number of nitrogens with zero attached hydrogens (tertiary/aromatic N) is 1. The molecule has 268 valence electrons. The van der Waals surface area contributed by atoms with Crippen LogP contribution in [0.25, 0.3) is 0 Å². The second-order valence-corrected chi connectivity index (χ2v) is 13.1. The number of carbonyl (C=O) groups excluding carboxylic acids is 4. The van der Waals surface area contributed by atoms with E-state index < -0.39 is 66.5 Å². The van der Waals surface area contributed by atoms with Crippen molar-refractivity contribution in [3.05, 3.63) is 102 Å². The summed E-state index contributed by atoms with van der Waals surface area (Å²) in [5, 5.41) is 16.0. The average molecular weight is 690 g/mol. The van der Waals surface area contributed by atoms with Crippen molar-refractivity contribution in [2.45, 2.75) is 76.3 Å². The fraction of sp³-hybridized carbons (Fsp3) is 0.421. The van der Waals surface area contributed by atoms with Crippen molar-refractivity contribution in [2.24, 2.45) is 0 Å². The lowest BCUT2D eigenvalue weighted by atomic mass is 9.84. The first-order valence-electron chi connectivity index (χ1n) is 16.6. The van der Waals surface area contributed by atoms with Gasteiger partial charge < -0.3 is 34.7 Å². The Hall–Kier alpha value is -4.94. The van der Waals surface area contributed by atoms with Crippen molar-refractivity contribution >= 4 is 29.8 Å². The molecule has 1 heterocycles. The van der Waals surface area contributed by atoms with E-state index in [4.69, 9.17) is 18.9 Å². The molecule has 4 rings (SSSR count). The molecule has 1 aliphatic heterocycles. The summed E-state index contributed by atoms with van der Waals surface area (Å²) in [6.07, 6.45) is -1.83. The minimum Gasteiger partial charge on any atom is -0.464 e. The van der Waals surface area contributed by atoms with E-state index >= 15 is 0 Å². The summed E-state index contributed by atoms with van der Waals surface area (Å²) >= 11 is 0. The number of benzene rings is 3. The molecule has 3 N–H and O–H groups in total. The summed E-state index contributed by atoms with van der Waals surface area (Å²) in [7, 11) is 1.25. The summed E-state index contributed by atoms with van der Waals surface area (Å²) in [5.74, 6) is -1.50. The smallest absolute Gasteiger partial charge is 0.410 e. The second kappa shape index (κ2) is 17.6. The standard InChI is InChI=1S/C38H47N3O9/c1-25(43)48-24-31-32(23-42)49-29(22-41(31)37(46)50-38(2,3)4)21-20-26-14-12-13-19-30(26)39-35(44)34(40-36(45)47-5)33(27-15-8-6-9-16-27)28-17-10-7-11-18-28/h6-19,29,31-34,42H,20-24H2,1-5H3,(H,39,44)(H,40,45)/t29-,31-,32-,34+/m1/s1. The number of morpholine rings is 1. The molecule has 4 atom stereocenters. The normalized spacial score (nSPS) is 18.1. The van der Waals surface area contributed by atoms with Crippen molar-refractivity contribution in [1.29, 1.82) is 0 Å². The number of aryl methyl sites for hydroxylation is 1. The molecule has 1 aliphatic rings. The summed E-state index contributed by atoms with van der Waals surface area (Å²) in [5.41, 5.74) is 2.23. The van der Waals surface area contributed by atoms with Crippen molar-refractivity contribution in [2.75, 3.05) is 32.2 Å². The number of rotatable bonds is 12. The molecule has 3 amide bonds. The predicted octanol–water partition coefficient (Wildman–Crippen LogP) is 5.04. The van der Waals surface area contributed by atoms with Crippen molar-refractivity contribution < 1.29 is 43.2 Å². The molecule has 0 saturated carbocycles. The highest BCUT2D eigenvalue weighted by Crippen LogP contribution is 2.30. The van der Waals surface area contributed by atoms with E-state index in [0.717, 1.165) is 16.7 Å². The highest BCUT2D eigenvalue weighted by molar-refractivity contribution is 5.98. The van der Waals surface area contributed by atoms with Gasteiger partial charge in [0, 0.05) is 18.5 Å². The number of ether oxygens (including phenoxy) is 4. The Kier molecular flexibility index (Phi) is 13.4. The van der Waals surface area contributed by atoms with E-state index in [0.29, 0.717) is 18.5 Å². The molecule has 0 aromatic heterocycles. The summed E-state index contributed by atoms with van der Waals surface area (Å²) in [6.45, 7) is 6.10. The lowest BCUT2D eigenvalue weighted by Gasteiger charge is -2.44. The third-order valence-electron chi connectivity index (χ3n) is 8.27. The number of aliphatic hydroxyl groups excluding tert-OH is 1. The number of nitrogens with one attached hydrogen (secondary N) is 2. The molecule has 3 aromatic rings. The highest BCUT2D eigenvalue weighted by Gasteiger charge is 2.41. The van der Waals surface area contributed by atoms with Gasteiger partial charge in [0.1, 0.15) is 24.4 Å². The number of amides is 3. The maximum atomic E-state index is 14.1. The highest BCUT2D eigenvalue weighted by atomic mass is 16.6. The van der Waals surface area contributed by atoms with Crippen LogP contribution in [-0.2, 0) is 35.0 Å². The van der Waals surface area contributed by atoms with Crippen molar-refractivity contribution in [3.8, 4) is 0 Å². The first kappa shape index (κ1) is 37.9. The third-order valence-corrected chi connectivity index (χ3v) is 8.27. The van der Waals surface area contributed by atoms with Crippen LogP contribution in [-0.4, -0.2) is 90.8 Å². The average Bonchev–Trinajstić information content (AvgIpc) is 3.09. The van der Waals surface area contributed by atoms with Gasteiger partial charge in [0.25, 0.3) is 0 Å². The SMILES string of the molecule is COC(=O)N[C@H](C(=O)Nc1ccccc1CC[C@@H]1CN(C(=O)OC(C)(C)C)[C@H](COC(C)=O)[C@@H](CO)O1)C(c1ccccc1)c1ccccc1. The Labute approximate surface area is 293 Å². The lowest BCUT2D eigenvalue weighted by Crippen LogP contribution is -2.60. The van der Waals surface area contributed by atoms with Gasteiger partial charge in [-0.2, -0.15) is 0 Å². The van der Waals surface area contributed by atoms with Crippen LogP contribution < -0.4 is 10.6 Å². The minimum atomic E-state index is -1.04. The molecule has 0 spiro atoms. The largest absolute Gasteiger partial charge is 0.464 e. The van der Waals surface area contributed by atoms with Crippen molar-refractivity contribution in [3.63, 3.8) is 0 Å². The molecule has 50 heavy (non-hydrogen) atoms. The van der Waals surface area contributed by atoms with E-state index in [-0.39, 0.29) is 13.2 Å². The number of methoxy groups -OCH3 is 1. The summed E-state index contributed by atoms with van der Waals surface area (Å²) in [4.78, 5) is 53.1. The van der Waals surface area contributed by atoms with Crippen LogP contribution in [0, 0.1) is 0 Å². The molecule has 0 aliphatic carbocycles. The van der Waals surface area contributed by atoms with Gasteiger partial charge in [-0.1, -0.05) is 78.9 Å². The van der Waals surface area contributed by atoms with E-state index in [1.165, 1.54) is 18.9 Å². The molecular formula is C38H47N3O9. The van der Waals surface area contributed by atoms with Crippen LogP contribution >= 0.6 is 0 Å². The molecular weight excluding hydrogens is 642 g/mol.